The average Bonchev–Trinajstić information content (AvgIpc) is 2.55. The van der Waals surface area contributed by atoms with Gasteiger partial charge in [0.25, 0.3) is 5.56 Å². The van der Waals surface area contributed by atoms with Gasteiger partial charge in [-0.05, 0) is 19.1 Å². The summed E-state index contributed by atoms with van der Waals surface area (Å²) in [6, 6.07) is 5.17. The van der Waals surface area contributed by atoms with Gasteiger partial charge in [0.05, 0.1) is 6.54 Å². The van der Waals surface area contributed by atoms with Crippen molar-refractivity contribution in [3.05, 3.63) is 46.8 Å². The summed E-state index contributed by atoms with van der Waals surface area (Å²) in [5.41, 5.74) is -0.0439. The summed E-state index contributed by atoms with van der Waals surface area (Å²) in [6.07, 6.45) is 3.45. The Morgan fingerprint density at radius 1 is 1.09 bits per heavy atom. The number of aromatic nitrogens is 4. The van der Waals surface area contributed by atoms with Crippen LogP contribution in [0.15, 0.2) is 35.4 Å². The molecule has 1 fully saturated rings. The number of anilines is 1. The Labute approximate surface area is 129 Å². The Balaban J connectivity index is 1.52. The van der Waals surface area contributed by atoms with Crippen molar-refractivity contribution >= 4 is 5.82 Å². The van der Waals surface area contributed by atoms with Gasteiger partial charge >= 0.3 is 0 Å². The number of hydrogen-bond donors (Lipinski definition) is 0. The molecule has 0 atom stereocenters. The fourth-order valence-electron chi connectivity index (χ4n) is 2.61. The highest BCUT2D eigenvalue weighted by atomic mass is 16.1. The molecule has 0 saturated carbocycles. The fourth-order valence-corrected chi connectivity index (χ4v) is 2.61. The molecule has 1 aliphatic heterocycles. The second-order valence-electron chi connectivity index (χ2n) is 5.38. The van der Waals surface area contributed by atoms with E-state index in [4.69, 9.17) is 0 Å². The van der Waals surface area contributed by atoms with Crippen molar-refractivity contribution in [3.8, 4) is 0 Å². The van der Waals surface area contributed by atoms with Crippen LogP contribution in [0.5, 0.6) is 0 Å². The summed E-state index contributed by atoms with van der Waals surface area (Å²) in [7, 11) is 0. The number of aryl methyl sites for hydroxylation is 1. The van der Waals surface area contributed by atoms with E-state index in [1.807, 2.05) is 13.0 Å². The summed E-state index contributed by atoms with van der Waals surface area (Å²) in [4.78, 5) is 24.9. The molecule has 3 rings (SSSR count). The summed E-state index contributed by atoms with van der Waals surface area (Å²) < 4.78 is 1.51. The van der Waals surface area contributed by atoms with Gasteiger partial charge in [0.2, 0.25) is 0 Å². The minimum Gasteiger partial charge on any atom is -0.354 e. The largest absolute Gasteiger partial charge is 0.354 e. The van der Waals surface area contributed by atoms with Crippen molar-refractivity contribution < 1.29 is 0 Å². The van der Waals surface area contributed by atoms with Gasteiger partial charge in [-0.25, -0.2) is 14.6 Å². The van der Waals surface area contributed by atoms with Crippen LogP contribution in [-0.4, -0.2) is 57.4 Å². The lowest BCUT2D eigenvalue weighted by atomic mass is 10.3. The monoisotopic (exact) mass is 300 g/mol. The first kappa shape index (κ1) is 14.6. The fraction of sp³-hybridized carbons (Fsp3) is 0.467. The molecule has 0 aromatic carbocycles. The Morgan fingerprint density at radius 3 is 2.64 bits per heavy atom. The lowest BCUT2D eigenvalue weighted by Crippen LogP contribution is -2.48. The van der Waals surface area contributed by atoms with Crippen molar-refractivity contribution in [3.63, 3.8) is 0 Å². The Kier molecular flexibility index (Phi) is 4.43. The van der Waals surface area contributed by atoms with Gasteiger partial charge in [-0.2, -0.15) is 5.10 Å². The minimum absolute atomic E-state index is 0.0439. The first-order valence-electron chi connectivity index (χ1n) is 7.51. The third kappa shape index (κ3) is 3.48. The van der Waals surface area contributed by atoms with Gasteiger partial charge < -0.3 is 4.90 Å². The molecule has 0 aliphatic carbocycles. The molecule has 0 radical (unpaired) electrons. The maximum atomic E-state index is 11.6. The molecule has 0 unspecified atom stereocenters. The van der Waals surface area contributed by atoms with E-state index in [1.165, 1.54) is 4.68 Å². The Bertz CT molecular complexity index is 677. The molecule has 22 heavy (non-hydrogen) atoms. The Morgan fingerprint density at radius 2 is 1.91 bits per heavy atom. The maximum absolute atomic E-state index is 11.6. The normalized spacial score (nSPS) is 16.0. The van der Waals surface area contributed by atoms with Crippen LogP contribution in [0.25, 0.3) is 0 Å². The smallest absolute Gasteiger partial charge is 0.266 e. The SMILES string of the molecule is Cc1nccc(N2CCN(CCn3ncccc3=O)CC2)n1. The van der Waals surface area contributed by atoms with E-state index in [-0.39, 0.29) is 5.56 Å². The van der Waals surface area contributed by atoms with Crippen molar-refractivity contribution in [1.82, 2.24) is 24.6 Å². The minimum atomic E-state index is -0.0439. The highest BCUT2D eigenvalue weighted by Crippen LogP contribution is 2.12. The zero-order valence-corrected chi connectivity index (χ0v) is 12.7. The van der Waals surface area contributed by atoms with Crippen LogP contribution in [0, 0.1) is 6.92 Å². The van der Waals surface area contributed by atoms with E-state index in [0.29, 0.717) is 6.54 Å². The van der Waals surface area contributed by atoms with Gasteiger partial charge in [0.15, 0.2) is 0 Å². The van der Waals surface area contributed by atoms with Crippen LogP contribution in [0.1, 0.15) is 5.82 Å². The van der Waals surface area contributed by atoms with E-state index in [9.17, 15) is 4.79 Å². The molecule has 0 spiro atoms. The van der Waals surface area contributed by atoms with E-state index in [1.54, 1.807) is 24.5 Å². The number of piperazine rings is 1. The van der Waals surface area contributed by atoms with Crippen molar-refractivity contribution in [2.24, 2.45) is 0 Å². The summed E-state index contributed by atoms with van der Waals surface area (Å²) in [5.74, 6) is 1.79. The molecule has 116 valence electrons. The second kappa shape index (κ2) is 6.65. The zero-order chi connectivity index (χ0) is 15.4. The van der Waals surface area contributed by atoms with Gasteiger partial charge in [-0.3, -0.25) is 9.69 Å². The van der Waals surface area contributed by atoms with Crippen LogP contribution in [-0.2, 0) is 6.54 Å². The summed E-state index contributed by atoms with van der Waals surface area (Å²) in [6.45, 7) is 7.18. The average molecular weight is 300 g/mol. The molecular weight excluding hydrogens is 280 g/mol. The van der Waals surface area contributed by atoms with Crippen LogP contribution in [0.3, 0.4) is 0 Å². The van der Waals surface area contributed by atoms with Gasteiger partial charge in [-0.1, -0.05) is 0 Å². The second-order valence-corrected chi connectivity index (χ2v) is 5.38. The van der Waals surface area contributed by atoms with Gasteiger partial charge in [0.1, 0.15) is 11.6 Å². The number of rotatable bonds is 4. The zero-order valence-electron chi connectivity index (χ0n) is 12.7. The summed E-state index contributed by atoms with van der Waals surface area (Å²) in [5, 5.41) is 4.09. The van der Waals surface area contributed by atoms with Crippen molar-refractivity contribution in [2.75, 3.05) is 37.6 Å². The topological polar surface area (TPSA) is 67.2 Å². The standard InChI is InChI=1S/C15H20N6O/c1-13-16-6-4-14(18-13)20-10-7-19(8-11-20)9-12-21-15(22)3-2-5-17-21/h2-6H,7-12H2,1H3. The van der Waals surface area contributed by atoms with Crippen molar-refractivity contribution in [1.29, 1.82) is 0 Å². The first-order chi connectivity index (χ1) is 10.7. The Hall–Kier alpha value is -2.28. The molecule has 2 aromatic rings. The molecule has 7 heteroatoms. The first-order valence-corrected chi connectivity index (χ1v) is 7.51. The van der Waals surface area contributed by atoms with Gasteiger partial charge in [-0.15, -0.1) is 0 Å². The van der Waals surface area contributed by atoms with Gasteiger partial charge in [0, 0.05) is 51.2 Å². The molecule has 0 amide bonds. The van der Waals surface area contributed by atoms with E-state index in [2.05, 4.69) is 24.9 Å². The highest BCUT2D eigenvalue weighted by molar-refractivity contribution is 5.37. The third-order valence-electron chi connectivity index (χ3n) is 3.87. The molecular formula is C15H20N6O. The lowest BCUT2D eigenvalue weighted by molar-refractivity contribution is 0.242. The molecule has 0 bridgehead atoms. The molecule has 0 N–H and O–H groups in total. The van der Waals surface area contributed by atoms with E-state index in [0.717, 1.165) is 44.4 Å². The van der Waals surface area contributed by atoms with Crippen LogP contribution >= 0.6 is 0 Å². The molecule has 1 saturated heterocycles. The van der Waals surface area contributed by atoms with E-state index < -0.39 is 0 Å². The number of hydrogen-bond acceptors (Lipinski definition) is 6. The predicted molar refractivity (Wildman–Crippen MR) is 83.9 cm³/mol. The molecule has 1 aliphatic rings. The third-order valence-corrected chi connectivity index (χ3v) is 3.87. The highest BCUT2D eigenvalue weighted by Gasteiger charge is 2.18. The molecule has 3 heterocycles. The van der Waals surface area contributed by atoms with E-state index >= 15 is 0 Å². The predicted octanol–water partition coefficient (Wildman–Crippen LogP) is 0.164. The maximum Gasteiger partial charge on any atom is 0.266 e. The van der Waals surface area contributed by atoms with Crippen LogP contribution in [0.2, 0.25) is 0 Å². The lowest BCUT2D eigenvalue weighted by Gasteiger charge is -2.35. The molecule has 7 nitrogen and oxygen atoms in total. The quantitative estimate of drug-likeness (QED) is 0.801. The summed E-state index contributed by atoms with van der Waals surface area (Å²) >= 11 is 0. The molecule has 2 aromatic heterocycles. The van der Waals surface area contributed by atoms with Crippen LogP contribution in [0.4, 0.5) is 5.82 Å². The van der Waals surface area contributed by atoms with Crippen LogP contribution < -0.4 is 10.5 Å². The number of nitrogens with zero attached hydrogens (tertiary/aromatic N) is 6. The van der Waals surface area contributed by atoms with Crippen molar-refractivity contribution in [2.45, 2.75) is 13.5 Å².